The van der Waals surface area contributed by atoms with E-state index in [2.05, 4.69) is 16.0 Å². The number of alkyl halides is 3. The van der Waals surface area contributed by atoms with Crippen molar-refractivity contribution in [2.75, 3.05) is 20.6 Å². The number of rotatable bonds is 12. The number of aliphatic carboxylic acids is 1. The van der Waals surface area contributed by atoms with Crippen molar-refractivity contribution >= 4 is 23.7 Å². The van der Waals surface area contributed by atoms with Gasteiger partial charge in [-0.2, -0.15) is 18.4 Å². The molecular formula is C32H48F3N5O5. The zero-order valence-corrected chi connectivity index (χ0v) is 27.8. The van der Waals surface area contributed by atoms with Gasteiger partial charge in [0, 0.05) is 24.6 Å². The molecule has 0 aromatic heterocycles. The molecule has 0 fully saturated rings. The van der Waals surface area contributed by atoms with Crippen LogP contribution in [-0.2, 0) is 24.6 Å². The Hall–Kier alpha value is -3.92. The van der Waals surface area contributed by atoms with Gasteiger partial charge in [-0.25, -0.2) is 4.79 Å². The highest BCUT2D eigenvalue weighted by Gasteiger charge is 2.41. The first-order valence-electron chi connectivity index (χ1n) is 14.5. The van der Waals surface area contributed by atoms with Gasteiger partial charge in [-0.15, -0.1) is 0 Å². The minimum Gasteiger partial charge on any atom is -0.475 e. The number of nitrogens with zero attached hydrogens (tertiary/aromatic N) is 2. The summed E-state index contributed by atoms with van der Waals surface area (Å²) in [6.07, 6.45) is -3.08. The van der Waals surface area contributed by atoms with Gasteiger partial charge < -0.3 is 26.0 Å². The van der Waals surface area contributed by atoms with Crippen LogP contribution in [0.2, 0.25) is 0 Å². The van der Waals surface area contributed by atoms with Crippen molar-refractivity contribution in [3.63, 3.8) is 0 Å². The van der Waals surface area contributed by atoms with Crippen LogP contribution in [0.15, 0.2) is 42.0 Å². The summed E-state index contributed by atoms with van der Waals surface area (Å²) in [4.78, 5) is 50.5. The predicted octanol–water partition coefficient (Wildman–Crippen LogP) is 4.18. The van der Waals surface area contributed by atoms with Crippen molar-refractivity contribution in [1.82, 2.24) is 20.9 Å². The predicted molar refractivity (Wildman–Crippen MR) is 166 cm³/mol. The van der Waals surface area contributed by atoms with E-state index in [-0.39, 0.29) is 42.6 Å². The second kappa shape index (κ2) is 17.5. The number of likely N-dealkylation sites (N-methyl/N-ethyl adjacent to an activating group) is 2. The number of carbonyl (C=O) groups excluding carboxylic acids is 3. The molecule has 1 aromatic carbocycles. The highest BCUT2D eigenvalue weighted by atomic mass is 19.4. The van der Waals surface area contributed by atoms with Crippen molar-refractivity contribution in [2.24, 2.45) is 11.3 Å². The molecule has 1 aromatic rings. The van der Waals surface area contributed by atoms with Crippen LogP contribution in [0.4, 0.5) is 13.2 Å². The highest BCUT2D eigenvalue weighted by molar-refractivity contribution is 5.93. The first-order valence-corrected chi connectivity index (χ1v) is 14.5. The quantitative estimate of drug-likeness (QED) is 0.198. The van der Waals surface area contributed by atoms with Crippen molar-refractivity contribution in [2.45, 2.75) is 91.5 Å². The van der Waals surface area contributed by atoms with E-state index in [0.717, 1.165) is 5.56 Å². The molecule has 1 rings (SSSR count). The second-order valence-electron chi connectivity index (χ2n) is 12.6. The Morgan fingerprint density at radius 1 is 1.02 bits per heavy atom. The van der Waals surface area contributed by atoms with E-state index in [1.54, 1.807) is 32.0 Å². The van der Waals surface area contributed by atoms with Gasteiger partial charge in [0.2, 0.25) is 17.7 Å². The number of benzene rings is 1. The molecule has 0 saturated heterocycles. The number of hydrogen-bond donors (Lipinski definition) is 4. The van der Waals surface area contributed by atoms with Crippen LogP contribution in [0.1, 0.15) is 67.4 Å². The summed E-state index contributed by atoms with van der Waals surface area (Å²) in [5, 5.41) is 24.8. The summed E-state index contributed by atoms with van der Waals surface area (Å²) < 4.78 is 31.7. The Morgan fingerprint density at radius 3 is 1.93 bits per heavy atom. The molecular weight excluding hydrogens is 591 g/mol. The molecule has 45 heavy (non-hydrogen) atoms. The summed E-state index contributed by atoms with van der Waals surface area (Å²) in [6.45, 7) is 15.7. The van der Waals surface area contributed by atoms with Gasteiger partial charge >= 0.3 is 12.1 Å². The van der Waals surface area contributed by atoms with Gasteiger partial charge in [0.25, 0.3) is 0 Å². The fourth-order valence-corrected chi connectivity index (χ4v) is 4.53. The number of carboxylic acid groups (broad SMARTS) is 1. The van der Waals surface area contributed by atoms with E-state index < -0.39 is 35.1 Å². The Labute approximate surface area is 264 Å². The molecule has 0 aliphatic rings. The van der Waals surface area contributed by atoms with E-state index in [1.165, 1.54) is 0 Å². The smallest absolute Gasteiger partial charge is 0.475 e. The normalized spacial score (nSPS) is 14.2. The number of amides is 3. The molecule has 0 aliphatic carbocycles. The lowest BCUT2D eigenvalue weighted by atomic mass is 9.76. The van der Waals surface area contributed by atoms with E-state index in [4.69, 9.17) is 15.2 Å². The number of carboxylic acids is 1. The molecule has 0 bridgehead atoms. The lowest BCUT2D eigenvalue weighted by Crippen LogP contribution is -2.61. The fraction of sp³-hybridized carbons (Fsp3) is 0.594. The number of hydrogen-bond acceptors (Lipinski definition) is 6. The van der Waals surface area contributed by atoms with Crippen LogP contribution in [0.25, 0.3) is 0 Å². The standard InChI is InChI=1S/C30H47N5O3.C2HF3O2/c1-20(2)23(19-21(3)26(36)33-18-14-17-31)35(10)28(38)25(29(4,5)6)34-27(37)24(32-9)30(7,8)22-15-12-11-13-16-22;3-2(4,5)1(6)7/h11-13,15-16,19-20,23-25,32H,14,18H2,1-10H3,(H,33,36)(H,34,37);(H,6,7)/b21-19+;/t23-,24-,25-;/m1./s1. The van der Waals surface area contributed by atoms with Gasteiger partial charge in [0.1, 0.15) is 6.04 Å². The topological polar surface area (TPSA) is 152 Å². The summed E-state index contributed by atoms with van der Waals surface area (Å²) >= 11 is 0. The third kappa shape index (κ3) is 12.9. The van der Waals surface area contributed by atoms with Crippen molar-refractivity contribution in [1.29, 1.82) is 5.26 Å². The summed E-state index contributed by atoms with van der Waals surface area (Å²) in [6, 6.07) is 10.1. The highest BCUT2D eigenvalue weighted by Crippen LogP contribution is 2.29. The summed E-state index contributed by atoms with van der Waals surface area (Å²) in [7, 11) is 3.46. The molecule has 0 saturated carbocycles. The minimum absolute atomic E-state index is 0.0178. The molecule has 13 heteroatoms. The zero-order valence-electron chi connectivity index (χ0n) is 27.8. The van der Waals surface area contributed by atoms with Crippen LogP contribution in [0.5, 0.6) is 0 Å². The molecule has 0 spiro atoms. The Balaban J connectivity index is 0.00000246. The maximum absolute atomic E-state index is 13.9. The van der Waals surface area contributed by atoms with Gasteiger partial charge in [0.15, 0.2) is 0 Å². The van der Waals surface area contributed by atoms with Crippen molar-refractivity contribution < 1.29 is 37.5 Å². The average molecular weight is 640 g/mol. The molecule has 4 N–H and O–H groups in total. The van der Waals surface area contributed by atoms with Gasteiger partial charge in [-0.05, 0) is 30.9 Å². The van der Waals surface area contributed by atoms with E-state index in [9.17, 15) is 27.6 Å². The minimum atomic E-state index is -5.08. The maximum atomic E-state index is 13.9. The van der Waals surface area contributed by atoms with E-state index in [1.807, 2.05) is 84.9 Å². The number of carbonyl (C=O) groups is 4. The zero-order chi connectivity index (χ0) is 35.3. The molecule has 10 nitrogen and oxygen atoms in total. The van der Waals surface area contributed by atoms with Crippen LogP contribution < -0.4 is 16.0 Å². The number of halogens is 3. The van der Waals surface area contributed by atoms with E-state index in [0.29, 0.717) is 5.57 Å². The Bertz CT molecular complexity index is 1220. The van der Waals surface area contributed by atoms with Crippen LogP contribution >= 0.6 is 0 Å². The van der Waals surface area contributed by atoms with Crippen LogP contribution in [0, 0.1) is 22.7 Å². The molecule has 0 aliphatic heterocycles. The van der Waals surface area contributed by atoms with E-state index >= 15 is 0 Å². The Kier molecular flexibility index (Phi) is 16.0. The van der Waals surface area contributed by atoms with Gasteiger partial charge in [0.05, 0.1) is 24.6 Å². The molecule has 0 unspecified atom stereocenters. The molecule has 3 atom stereocenters. The van der Waals surface area contributed by atoms with Gasteiger partial charge in [-0.1, -0.05) is 84.9 Å². The third-order valence-corrected chi connectivity index (χ3v) is 7.21. The van der Waals surface area contributed by atoms with Gasteiger partial charge in [-0.3, -0.25) is 14.4 Å². The monoisotopic (exact) mass is 639 g/mol. The van der Waals surface area contributed by atoms with Crippen molar-refractivity contribution in [3.8, 4) is 6.07 Å². The van der Waals surface area contributed by atoms with Crippen LogP contribution in [-0.4, -0.2) is 78.6 Å². The summed E-state index contributed by atoms with van der Waals surface area (Å²) in [5.41, 5.74) is 0.387. The SMILES string of the molecule is CN[C@H](C(=O)N[C@H](C(=O)N(C)[C@H](/C=C(\C)C(=O)NCCC#N)C(C)C)C(C)(C)C)C(C)(C)c1ccccc1.O=C(O)C(F)(F)F. The fourth-order valence-electron chi connectivity index (χ4n) is 4.53. The molecule has 0 radical (unpaired) electrons. The maximum Gasteiger partial charge on any atom is 0.490 e. The molecule has 3 amide bonds. The molecule has 0 heterocycles. The number of nitrogens with one attached hydrogen (secondary N) is 3. The Morgan fingerprint density at radius 2 is 1.53 bits per heavy atom. The van der Waals surface area contributed by atoms with Crippen LogP contribution in [0.3, 0.4) is 0 Å². The average Bonchev–Trinajstić information content (AvgIpc) is 2.93. The van der Waals surface area contributed by atoms with Crippen molar-refractivity contribution in [3.05, 3.63) is 47.5 Å². The first kappa shape index (κ1) is 41.1. The lowest BCUT2D eigenvalue weighted by Gasteiger charge is -2.40. The number of nitriles is 1. The first-order chi connectivity index (χ1) is 20.5. The summed E-state index contributed by atoms with van der Waals surface area (Å²) in [5.74, 6) is -3.50. The molecule has 252 valence electrons. The third-order valence-electron chi connectivity index (χ3n) is 7.21. The lowest BCUT2D eigenvalue weighted by molar-refractivity contribution is -0.192. The second-order valence-corrected chi connectivity index (χ2v) is 12.6. The largest absolute Gasteiger partial charge is 0.490 e.